The molecule has 22 heavy (non-hydrogen) atoms. The number of rotatable bonds is 5. The molecule has 3 rings (SSSR count). The van der Waals surface area contributed by atoms with Crippen molar-refractivity contribution in [1.29, 1.82) is 0 Å². The maximum atomic E-state index is 12.3. The zero-order valence-corrected chi connectivity index (χ0v) is 13.1. The Balaban J connectivity index is 1.71. The Hall–Kier alpha value is -1.99. The van der Waals surface area contributed by atoms with Gasteiger partial charge in [0.15, 0.2) is 0 Å². The monoisotopic (exact) mass is 319 g/mol. The molecule has 1 N–H and O–H groups in total. The second kappa shape index (κ2) is 6.85. The molecule has 0 aliphatic carbocycles. The minimum absolute atomic E-state index is 0.120. The fourth-order valence-electron chi connectivity index (χ4n) is 2.37. The Kier molecular flexibility index (Phi) is 4.65. The van der Waals surface area contributed by atoms with Gasteiger partial charge in [0.05, 0.1) is 13.2 Å². The average molecular weight is 319 g/mol. The highest BCUT2D eigenvalue weighted by atomic mass is 32.1. The molecule has 116 valence electrons. The fraction of sp³-hybridized carbons (Fsp3) is 0.400. The smallest absolute Gasteiger partial charge is 0.265 e. The number of methoxy groups -OCH3 is 1. The number of carbonyl (C=O) groups is 1. The summed E-state index contributed by atoms with van der Waals surface area (Å²) < 4.78 is 14.5. The van der Waals surface area contributed by atoms with Crippen molar-refractivity contribution >= 4 is 17.4 Å². The Morgan fingerprint density at radius 1 is 1.45 bits per heavy atom. The van der Waals surface area contributed by atoms with Crippen molar-refractivity contribution < 1.29 is 14.3 Å². The molecule has 0 radical (unpaired) electrons. The van der Waals surface area contributed by atoms with E-state index in [4.69, 9.17) is 9.47 Å². The largest absolute Gasteiger partial charge is 0.497 e. The van der Waals surface area contributed by atoms with Crippen LogP contribution in [0.15, 0.2) is 24.3 Å². The van der Waals surface area contributed by atoms with Gasteiger partial charge in [0.25, 0.3) is 5.91 Å². The highest BCUT2D eigenvalue weighted by Crippen LogP contribution is 2.25. The summed E-state index contributed by atoms with van der Waals surface area (Å²) in [5, 5.41) is 6.98. The Morgan fingerprint density at radius 2 is 2.27 bits per heavy atom. The van der Waals surface area contributed by atoms with Crippen molar-refractivity contribution in [3.05, 3.63) is 29.1 Å². The molecule has 7 heteroatoms. The van der Waals surface area contributed by atoms with Gasteiger partial charge >= 0.3 is 0 Å². The zero-order chi connectivity index (χ0) is 15.4. The van der Waals surface area contributed by atoms with Gasteiger partial charge in [-0.3, -0.25) is 4.79 Å². The predicted octanol–water partition coefficient (Wildman–Crippen LogP) is 2.12. The van der Waals surface area contributed by atoms with Crippen molar-refractivity contribution in [3.8, 4) is 17.0 Å². The normalized spacial score (nSPS) is 17.4. The van der Waals surface area contributed by atoms with E-state index in [0.717, 1.165) is 42.3 Å². The van der Waals surface area contributed by atoms with Gasteiger partial charge in [0.2, 0.25) is 0 Å². The summed E-state index contributed by atoms with van der Waals surface area (Å²) in [6, 6.07) is 7.41. The number of amides is 1. The Morgan fingerprint density at radius 3 is 2.95 bits per heavy atom. The number of benzene rings is 1. The Bertz CT molecular complexity index is 636. The highest BCUT2D eigenvalue weighted by molar-refractivity contribution is 7.08. The van der Waals surface area contributed by atoms with Crippen molar-refractivity contribution in [2.24, 2.45) is 0 Å². The summed E-state index contributed by atoms with van der Waals surface area (Å²) in [6.07, 6.45) is 2.17. The van der Waals surface area contributed by atoms with Gasteiger partial charge in [0, 0.05) is 18.7 Å². The SMILES string of the molecule is COc1ccc(-c2nnsc2C(=O)NC[C@@H]2CCCO2)cc1. The number of hydrogen-bond donors (Lipinski definition) is 1. The molecule has 0 bridgehead atoms. The molecular formula is C15H17N3O3S. The van der Waals surface area contributed by atoms with Crippen molar-refractivity contribution in [2.45, 2.75) is 18.9 Å². The first kappa shape index (κ1) is 14.9. The maximum Gasteiger partial charge on any atom is 0.265 e. The molecule has 1 saturated heterocycles. The van der Waals surface area contributed by atoms with Crippen LogP contribution in [0.3, 0.4) is 0 Å². The van der Waals surface area contributed by atoms with Crippen LogP contribution < -0.4 is 10.1 Å². The highest BCUT2D eigenvalue weighted by Gasteiger charge is 2.20. The molecule has 0 spiro atoms. The van der Waals surface area contributed by atoms with Crippen LogP contribution in [-0.2, 0) is 4.74 Å². The van der Waals surface area contributed by atoms with Crippen LogP contribution in [0.2, 0.25) is 0 Å². The molecule has 0 saturated carbocycles. The lowest BCUT2D eigenvalue weighted by atomic mass is 10.1. The van der Waals surface area contributed by atoms with Crippen LogP contribution in [0.1, 0.15) is 22.5 Å². The third-order valence-corrected chi connectivity index (χ3v) is 4.30. The molecular weight excluding hydrogens is 302 g/mol. The number of nitrogens with zero attached hydrogens (tertiary/aromatic N) is 2. The molecule has 1 aromatic carbocycles. The van der Waals surface area contributed by atoms with E-state index in [2.05, 4.69) is 14.9 Å². The summed E-state index contributed by atoms with van der Waals surface area (Å²) >= 11 is 1.10. The second-order valence-corrected chi connectivity index (χ2v) is 5.78. The Labute approximate surface area is 132 Å². The van der Waals surface area contributed by atoms with Crippen LogP contribution in [0.5, 0.6) is 5.75 Å². The summed E-state index contributed by atoms with van der Waals surface area (Å²) in [5.74, 6) is 0.604. The van der Waals surface area contributed by atoms with Gasteiger partial charge < -0.3 is 14.8 Å². The number of nitrogens with one attached hydrogen (secondary N) is 1. The van der Waals surface area contributed by atoms with Crippen LogP contribution in [0.25, 0.3) is 11.3 Å². The first-order chi connectivity index (χ1) is 10.8. The number of hydrogen-bond acceptors (Lipinski definition) is 6. The van der Waals surface area contributed by atoms with Crippen LogP contribution in [0.4, 0.5) is 0 Å². The van der Waals surface area contributed by atoms with E-state index < -0.39 is 0 Å². The lowest BCUT2D eigenvalue weighted by Crippen LogP contribution is -2.31. The average Bonchev–Trinajstić information content (AvgIpc) is 3.24. The van der Waals surface area contributed by atoms with Crippen molar-refractivity contribution in [1.82, 2.24) is 14.9 Å². The lowest BCUT2D eigenvalue weighted by Gasteiger charge is -2.10. The van der Waals surface area contributed by atoms with E-state index in [0.29, 0.717) is 17.1 Å². The quantitative estimate of drug-likeness (QED) is 0.914. The number of carbonyl (C=O) groups excluding carboxylic acids is 1. The first-order valence-electron chi connectivity index (χ1n) is 7.14. The number of aromatic nitrogens is 2. The minimum atomic E-state index is -0.156. The second-order valence-electron chi connectivity index (χ2n) is 5.02. The van der Waals surface area contributed by atoms with E-state index in [9.17, 15) is 4.79 Å². The van der Waals surface area contributed by atoms with E-state index in [1.165, 1.54) is 0 Å². The third-order valence-electron chi connectivity index (χ3n) is 3.57. The molecule has 1 aliphatic rings. The van der Waals surface area contributed by atoms with Gasteiger partial charge in [-0.25, -0.2) is 0 Å². The molecule has 1 atom stereocenters. The van der Waals surface area contributed by atoms with Crippen LogP contribution >= 0.6 is 11.5 Å². The van der Waals surface area contributed by atoms with E-state index in [1.807, 2.05) is 24.3 Å². The summed E-state index contributed by atoms with van der Waals surface area (Å²) in [5.41, 5.74) is 1.44. The molecule has 0 unspecified atom stereocenters. The van der Waals surface area contributed by atoms with E-state index in [1.54, 1.807) is 7.11 Å². The molecule has 1 aliphatic heterocycles. The van der Waals surface area contributed by atoms with Crippen molar-refractivity contribution in [2.75, 3.05) is 20.3 Å². The van der Waals surface area contributed by atoms with Gasteiger partial charge in [-0.1, -0.05) is 4.49 Å². The molecule has 1 fully saturated rings. The summed E-state index contributed by atoms with van der Waals surface area (Å²) in [4.78, 5) is 12.8. The predicted molar refractivity (Wildman–Crippen MR) is 83.2 cm³/mol. The van der Waals surface area contributed by atoms with E-state index >= 15 is 0 Å². The topological polar surface area (TPSA) is 73.3 Å². The van der Waals surface area contributed by atoms with Crippen LogP contribution in [0, 0.1) is 0 Å². The van der Waals surface area contributed by atoms with Gasteiger partial charge in [-0.2, -0.15) is 0 Å². The molecule has 6 nitrogen and oxygen atoms in total. The number of ether oxygens (including phenoxy) is 2. The molecule has 1 aromatic heterocycles. The van der Waals surface area contributed by atoms with E-state index in [-0.39, 0.29) is 12.0 Å². The standard InChI is InChI=1S/C15H17N3O3S/c1-20-11-6-4-10(5-7-11)13-14(22-18-17-13)15(19)16-9-12-3-2-8-21-12/h4-7,12H,2-3,8-9H2,1H3,(H,16,19)/t12-/m0/s1. The summed E-state index contributed by atoms with van der Waals surface area (Å²) in [6.45, 7) is 1.30. The molecule has 2 aromatic rings. The van der Waals surface area contributed by atoms with Crippen LogP contribution in [-0.4, -0.2) is 41.9 Å². The molecule has 1 amide bonds. The minimum Gasteiger partial charge on any atom is -0.497 e. The maximum absolute atomic E-state index is 12.3. The van der Waals surface area contributed by atoms with Gasteiger partial charge in [0.1, 0.15) is 16.3 Å². The first-order valence-corrected chi connectivity index (χ1v) is 7.92. The fourth-order valence-corrected chi connectivity index (χ4v) is 2.97. The third kappa shape index (κ3) is 3.26. The molecule has 2 heterocycles. The zero-order valence-electron chi connectivity index (χ0n) is 12.2. The summed E-state index contributed by atoms with van der Waals surface area (Å²) in [7, 11) is 1.61. The van der Waals surface area contributed by atoms with Crippen molar-refractivity contribution in [3.63, 3.8) is 0 Å². The lowest BCUT2D eigenvalue weighted by molar-refractivity contribution is 0.0861. The van der Waals surface area contributed by atoms with Gasteiger partial charge in [-0.05, 0) is 48.6 Å². The van der Waals surface area contributed by atoms with Gasteiger partial charge in [-0.15, -0.1) is 5.10 Å².